The molecule has 0 saturated heterocycles. The van der Waals surface area contributed by atoms with Gasteiger partial charge in [-0.1, -0.05) is 77.0 Å². The molecule has 1 aliphatic heterocycles. The van der Waals surface area contributed by atoms with E-state index in [0.717, 1.165) is 27.7 Å². The van der Waals surface area contributed by atoms with Crippen molar-refractivity contribution in [3.8, 4) is 5.75 Å². The molecule has 6 rings (SSSR count). The van der Waals surface area contributed by atoms with Crippen LogP contribution in [0.3, 0.4) is 0 Å². The second-order valence-electron chi connectivity index (χ2n) is 10.6. The summed E-state index contributed by atoms with van der Waals surface area (Å²) in [6.45, 7) is 8.63. The van der Waals surface area contributed by atoms with E-state index in [-0.39, 0.29) is 12.2 Å². The SMILES string of the molecule is CCOC(=O)C1=C(C)N=c2s/c(=C\c3c(C)n(Cc4ccc(Cl)cc4Cl)c4ccccc34)c(=O)n2[C@H]1c1ccccc1OCC. The molecule has 0 saturated carbocycles. The Hall–Kier alpha value is -4.11. The van der Waals surface area contributed by atoms with Gasteiger partial charge in [0.25, 0.3) is 5.56 Å². The molecule has 45 heavy (non-hydrogen) atoms. The largest absolute Gasteiger partial charge is 0.494 e. The Morgan fingerprint density at radius 3 is 2.53 bits per heavy atom. The fourth-order valence-corrected chi connectivity index (χ4v) is 7.37. The minimum atomic E-state index is -0.764. The number of hydrogen-bond acceptors (Lipinski definition) is 6. The van der Waals surface area contributed by atoms with Gasteiger partial charge in [-0.2, -0.15) is 0 Å². The molecule has 0 bridgehead atoms. The summed E-state index contributed by atoms with van der Waals surface area (Å²) in [4.78, 5) is 32.9. The highest BCUT2D eigenvalue weighted by Gasteiger charge is 2.35. The number of carbonyl (C=O) groups is 1. The lowest BCUT2D eigenvalue weighted by atomic mass is 9.95. The van der Waals surface area contributed by atoms with Crippen LogP contribution in [0.2, 0.25) is 10.0 Å². The van der Waals surface area contributed by atoms with Crippen LogP contribution in [0.5, 0.6) is 5.75 Å². The van der Waals surface area contributed by atoms with Crippen LogP contribution in [0.1, 0.15) is 49.2 Å². The Morgan fingerprint density at radius 1 is 1.02 bits per heavy atom. The lowest BCUT2D eigenvalue weighted by Crippen LogP contribution is -2.40. The summed E-state index contributed by atoms with van der Waals surface area (Å²) < 4.78 is 15.7. The van der Waals surface area contributed by atoms with Gasteiger partial charge >= 0.3 is 5.97 Å². The van der Waals surface area contributed by atoms with Crippen molar-refractivity contribution in [3.63, 3.8) is 0 Å². The Balaban J connectivity index is 1.56. The standard InChI is InChI=1S/C35H31Cl2N3O4S/c1-5-43-29-14-10-8-12-25(29)32-31(34(42)44-6-2)20(3)38-35-40(32)33(41)30(45-35)18-26-21(4)39(28-13-9-7-11-24(26)28)19-22-15-16-23(36)17-27(22)37/h7-18,32H,5-6,19H2,1-4H3/b30-18-/t32-/m0/s1. The number of carbonyl (C=O) groups excluding carboxylic acids is 1. The number of para-hydroxylation sites is 2. The average Bonchev–Trinajstić information content (AvgIpc) is 3.46. The fourth-order valence-electron chi connectivity index (χ4n) is 5.87. The zero-order valence-corrected chi connectivity index (χ0v) is 27.6. The molecule has 0 spiro atoms. The number of allylic oxidation sites excluding steroid dienone is 1. The van der Waals surface area contributed by atoms with Gasteiger partial charge < -0.3 is 14.0 Å². The zero-order chi connectivity index (χ0) is 31.8. The zero-order valence-electron chi connectivity index (χ0n) is 25.3. The van der Waals surface area contributed by atoms with Gasteiger partial charge in [-0.05, 0) is 63.6 Å². The van der Waals surface area contributed by atoms with Crippen LogP contribution in [-0.2, 0) is 16.1 Å². The number of benzene rings is 3. The number of esters is 1. The van der Waals surface area contributed by atoms with Crippen LogP contribution in [0.15, 0.2) is 87.8 Å². The van der Waals surface area contributed by atoms with Gasteiger partial charge in [-0.3, -0.25) is 9.36 Å². The van der Waals surface area contributed by atoms with Crippen molar-refractivity contribution >= 4 is 57.5 Å². The first-order valence-electron chi connectivity index (χ1n) is 14.7. The van der Waals surface area contributed by atoms with E-state index in [9.17, 15) is 9.59 Å². The molecule has 5 aromatic rings. The molecule has 0 radical (unpaired) electrons. The van der Waals surface area contributed by atoms with E-state index in [0.29, 0.717) is 55.1 Å². The molecule has 3 aromatic carbocycles. The summed E-state index contributed by atoms with van der Waals surface area (Å²) in [6.07, 6.45) is 1.93. The Labute approximate surface area is 274 Å². The summed E-state index contributed by atoms with van der Waals surface area (Å²) in [6, 6.07) is 20.3. The molecule has 0 unspecified atom stereocenters. The molecule has 1 atom stereocenters. The maximum atomic E-state index is 14.4. The van der Waals surface area contributed by atoms with E-state index in [4.69, 9.17) is 37.7 Å². The fraction of sp³-hybridized carbons (Fsp3) is 0.229. The maximum absolute atomic E-state index is 14.4. The van der Waals surface area contributed by atoms with E-state index < -0.39 is 12.0 Å². The van der Waals surface area contributed by atoms with Gasteiger partial charge in [0.1, 0.15) is 11.8 Å². The highest BCUT2D eigenvalue weighted by Crippen LogP contribution is 2.36. The highest BCUT2D eigenvalue weighted by molar-refractivity contribution is 7.07. The normalized spacial score (nSPS) is 14.9. The van der Waals surface area contributed by atoms with Crippen LogP contribution >= 0.6 is 34.5 Å². The minimum Gasteiger partial charge on any atom is -0.494 e. The Kier molecular flexibility index (Phi) is 8.73. The van der Waals surface area contributed by atoms with E-state index in [2.05, 4.69) is 16.7 Å². The number of nitrogens with zero attached hydrogens (tertiary/aromatic N) is 3. The third-order valence-electron chi connectivity index (χ3n) is 7.93. The topological polar surface area (TPSA) is 74.8 Å². The van der Waals surface area contributed by atoms with E-state index in [1.54, 1.807) is 24.5 Å². The van der Waals surface area contributed by atoms with Crippen molar-refractivity contribution in [1.29, 1.82) is 0 Å². The molecule has 1 aliphatic rings. The van der Waals surface area contributed by atoms with Crippen molar-refractivity contribution in [2.45, 2.75) is 40.3 Å². The van der Waals surface area contributed by atoms with Crippen LogP contribution in [0, 0.1) is 6.92 Å². The molecule has 0 N–H and O–H groups in total. The van der Waals surface area contributed by atoms with Crippen molar-refractivity contribution < 1.29 is 14.3 Å². The number of fused-ring (bicyclic) bond motifs is 2. The Morgan fingerprint density at radius 2 is 1.78 bits per heavy atom. The van der Waals surface area contributed by atoms with Gasteiger partial charge in [-0.25, -0.2) is 9.79 Å². The molecule has 0 fully saturated rings. The lowest BCUT2D eigenvalue weighted by molar-refractivity contribution is -0.139. The maximum Gasteiger partial charge on any atom is 0.338 e. The number of rotatable bonds is 8. The molecule has 2 aromatic heterocycles. The monoisotopic (exact) mass is 659 g/mol. The van der Waals surface area contributed by atoms with Gasteiger partial charge in [-0.15, -0.1) is 0 Å². The third-order valence-corrected chi connectivity index (χ3v) is 9.50. The molecule has 7 nitrogen and oxygen atoms in total. The number of aromatic nitrogens is 2. The van der Waals surface area contributed by atoms with Gasteiger partial charge in [0.15, 0.2) is 4.80 Å². The summed E-state index contributed by atoms with van der Waals surface area (Å²) in [5, 5.41) is 2.18. The van der Waals surface area contributed by atoms with E-state index >= 15 is 0 Å². The minimum absolute atomic E-state index is 0.199. The smallest absolute Gasteiger partial charge is 0.338 e. The molecule has 3 heterocycles. The molecule has 0 amide bonds. The number of hydrogen-bond donors (Lipinski definition) is 0. The predicted molar refractivity (Wildman–Crippen MR) is 180 cm³/mol. The summed E-state index contributed by atoms with van der Waals surface area (Å²) in [5.74, 6) is 0.0833. The number of halogens is 2. The number of thiazole rings is 1. The van der Waals surface area contributed by atoms with Crippen molar-refractivity contribution in [1.82, 2.24) is 9.13 Å². The van der Waals surface area contributed by atoms with Crippen LogP contribution in [0.25, 0.3) is 17.0 Å². The summed E-state index contributed by atoms with van der Waals surface area (Å²) >= 11 is 14.0. The van der Waals surface area contributed by atoms with Gasteiger partial charge in [0, 0.05) is 44.3 Å². The first-order valence-corrected chi connectivity index (χ1v) is 16.2. The van der Waals surface area contributed by atoms with Crippen LogP contribution in [0.4, 0.5) is 0 Å². The molecule has 230 valence electrons. The molecule has 0 aliphatic carbocycles. The molecular formula is C35H31Cl2N3O4S. The first kappa shape index (κ1) is 30.9. The van der Waals surface area contributed by atoms with Gasteiger partial charge in [0.2, 0.25) is 0 Å². The average molecular weight is 661 g/mol. The van der Waals surface area contributed by atoms with Crippen LogP contribution < -0.4 is 19.6 Å². The summed E-state index contributed by atoms with van der Waals surface area (Å²) in [5.41, 5.74) is 5.12. The number of ether oxygens (including phenoxy) is 2. The second-order valence-corrected chi connectivity index (χ2v) is 12.5. The summed E-state index contributed by atoms with van der Waals surface area (Å²) in [7, 11) is 0. The molecular weight excluding hydrogens is 629 g/mol. The molecule has 10 heteroatoms. The highest BCUT2D eigenvalue weighted by atomic mass is 35.5. The van der Waals surface area contributed by atoms with Crippen molar-refractivity contribution in [2.75, 3.05) is 13.2 Å². The van der Waals surface area contributed by atoms with Gasteiger partial charge in [0.05, 0.1) is 29.0 Å². The van der Waals surface area contributed by atoms with Crippen molar-refractivity contribution in [3.05, 3.63) is 130 Å². The second kappa shape index (κ2) is 12.7. The third kappa shape index (κ3) is 5.63. The predicted octanol–water partition coefficient (Wildman–Crippen LogP) is 6.82. The van der Waals surface area contributed by atoms with Crippen molar-refractivity contribution in [2.24, 2.45) is 4.99 Å². The first-order chi connectivity index (χ1) is 21.7. The quantitative estimate of drug-likeness (QED) is 0.171. The lowest BCUT2D eigenvalue weighted by Gasteiger charge is -2.26. The van der Waals surface area contributed by atoms with Crippen LogP contribution in [-0.4, -0.2) is 28.3 Å². The Bertz CT molecular complexity index is 2180. The van der Waals surface area contributed by atoms with E-state index in [1.165, 1.54) is 11.3 Å². The van der Waals surface area contributed by atoms with E-state index in [1.807, 2.05) is 68.5 Å².